The maximum atomic E-state index is 6.03. The topological polar surface area (TPSA) is 24.5 Å². The Morgan fingerprint density at radius 1 is 1.24 bits per heavy atom. The fraction of sp³-hybridized carbons (Fsp3) is 1.00. The smallest absolute Gasteiger partial charge is 0.0697 e. The molecule has 2 heterocycles. The van der Waals surface area contributed by atoms with Gasteiger partial charge in [0.2, 0.25) is 0 Å². The van der Waals surface area contributed by atoms with Crippen molar-refractivity contribution in [1.82, 2.24) is 10.2 Å². The number of piperidine rings is 1. The Hall–Kier alpha value is -0.120. The molecule has 0 aromatic heterocycles. The van der Waals surface area contributed by atoms with Crippen LogP contribution < -0.4 is 5.32 Å². The van der Waals surface area contributed by atoms with Crippen molar-refractivity contribution in [2.75, 3.05) is 26.7 Å². The van der Waals surface area contributed by atoms with Gasteiger partial charge in [-0.2, -0.15) is 0 Å². The number of likely N-dealkylation sites (N-methyl/N-ethyl adjacent to an activating group) is 1. The number of nitrogens with zero attached hydrogens (tertiary/aromatic N) is 1. The van der Waals surface area contributed by atoms with Crippen molar-refractivity contribution in [2.45, 2.75) is 62.6 Å². The highest BCUT2D eigenvalue weighted by Crippen LogP contribution is 2.43. The Bertz CT molecular complexity index is 265. The number of hydrogen-bond acceptors (Lipinski definition) is 3. The maximum Gasteiger partial charge on any atom is 0.0697 e. The van der Waals surface area contributed by atoms with Gasteiger partial charge in [0, 0.05) is 25.2 Å². The Morgan fingerprint density at radius 3 is 2.82 bits per heavy atom. The summed E-state index contributed by atoms with van der Waals surface area (Å²) in [6.45, 7) is 3.54. The summed E-state index contributed by atoms with van der Waals surface area (Å²) in [4.78, 5) is 2.73. The van der Waals surface area contributed by atoms with E-state index in [4.69, 9.17) is 4.74 Å². The van der Waals surface area contributed by atoms with E-state index in [1.165, 1.54) is 58.0 Å². The number of hydrogen-bond donors (Lipinski definition) is 1. The second-order valence-electron chi connectivity index (χ2n) is 6.15. The highest BCUT2D eigenvalue weighted by atomic mass is 16.5. The Balaban J connectivity index is 1.59. The van der Waals surface area contributed by atoms with E-state index < -0.39 is 0 Å². The van der Waals surface area contributed by atoms with E-state index in [1.807, 2.05) is 0 Å². The van der Waals surface area contributed by atoms with E-state index >= 15 is 0 Å². The van der Waals surface area contributed by atoms with Gasteiger partial charge < -0.3 is 10.1 Å². The van der Waals surface area contributed by atoms with E-state index in [0.717, 1.165) is 12.6 Å². The molecule has 1 aliphatic carbocycles. The van der Waals surface area contributed by atoms with Gasteiger partial charge in [-0.15, -0.1) is 0 Å². The lowest BCUT2D eigenvalue weighted by molar-refractivity contribution is -0.150. The van der Waals surface area contributed by atoms with Gasteiger partial charge in [0.15, 0.2) is 0 Å². The second-order valence-corrected chi connectivity index (χ2v) is 6.15. The average Bonchev–Trinajstić information content (AvgIpc) is 2.37. The molecule has 2 unspecified atom stereocenters. The number of likely N-dealkylation sites (tertiary alicyclic amines) is 1. The molecular weight excluding hydrogens is 212 g/mol. The fourth-order valence-electron chi connectivity index (χ4n) is 3.81. The van der Waals surface area contributed by atoms with E-state index in [1.54, 1.807) is 0 Å². The molecular formula is C14H26N2O. The Morgan fingerprint density at radius 2 is 2.12 bits per heavy atom. The summed E-state index contributed by atoms with van der Waals surface area (Å²) >= 11 is 0. The zero-order chi connectivity index (χ0) is 11.7. The molecule has 3 fully saturated rings. The third kappa shape index (κ3) is 2.38. The minimum Gasteiger partial charge on any atom is -0.375 e. The van der Waals surface area contributed by atoms with Crippen LogP contribution in [-0.2, 0) is 4.74 Å². The van der Waals surface area contributed by atoms with E-state index in [2.05, 4.69) is 17.3 Å². The van der Waals surface area contributed by atoms with Crippen molar-refractivity contribution in [3.05, 3.63) is 0 Å². The zero-order valence-electron chi connectivity index (χ0n) is 11.1. The van der Waals surface area contributed by atoms with Gasteiger partial charge in [0.05, 0.1) is 5.60 Å². The zero-order valence-corrected chi connectivity index (χ0v) is 11.1. The van der Waals surface area contributed by atoms with Gasteiger partial charge >= 0.3 is 0 Å². The highest BCUT2D eigenvalue weighted by Gasteiger charge is 2.44. The SMILES string of the molecule is CNC1CCCN(C2CCOC3(CCC3)C2)C1. The lowest BCUT2D eigenvalue weighted by atomic mass is 9.73. The summed E-state index contributed by atoms with van der Waals surface area (Å²) in [6.07, 6.45) is 9.25. The summed E-state index contributed by atoms with van der Waals surface area (Å²) in [5, 5.41) is 3.45. The first kappa shape index (κ1) is 11.9. The Labute approximate surface area is 105 Å². The third-order valence-corrected chi connectivity index (χ3v) is 5.11. The van der Waals surface area contributed by atoms with Crippen LogP contribution >= 0.6 is 0 Å². The van der Waals surface area contributed by atoms with Gasteiger partial charge in [0.25, 0.3) is 0 Å². The molecule has 1 N–H and O–H groups in total. The molecule has 2 aliphatic heterocycles. The van der Waals surface area contributed by atoms with E-state index in [0.29, 0.717) is 11.6 Å². The normalized spacial score (nSPS) is 37.9. The van der Waals surface area contributed by atoms with Crippen LogP contribution in [0.1, 0.15) is 44.9 Å². The Kier molecular flexibility index (Phi) is 3.42. The molecule has 3 nitrogen and oxygen atoms in total. The van der Waals surface area contributed by atoms with Gasteiger partial charge in [-0.05, 0) is 58.5 Å². The van der Waals surface area contributed by atoms with Crippen molar-refractivity contribution in [1.29, 1.82) is 0 Å². The molecule has 1 saturated carbocycles. The predicted molar refractivity (Wildman–Crippen MR) is 69.2 cm³/mol. The van der Waals surface area contributed by atoms with Gasteiger partial charge in [-0.3, -0.25) is 4.90 Å². The molecule has 0 aromatic carbocycles. The molecule has 98 valence electrons. The molecule has 17 heavy (non-hydrogen) atoms. The van der Waals surface area contributed by atoms with Crippen LogP contribution in [0.15, 0.2) is 0 Å². The van der Waals surface area contributed by atoms with Gasteiger partial charge in [-0.25, -0.2) is 0 Å². The first-order valence-electron chi connectivity index (χ1n) is 7.37. The predicted octanol–water partition coefficient (Wildman–Crippen LogP) is 1.77. The van der Waals surface area contributed by atoms with Crippen LogP contribution in [0.2, 0.25) is 0 Å². The van der Waals surface area contributed by atoms with Crippen LogP contribution in [-0.4, -0.2) is 49.3 Å². The third-order valence-electron chi connectivity index (χ3n) is 5.11. The standard InChI is InChI=1S/C14H26N2O/c1-15-12-4-2-8-16(11-12)13-5-9-17-14(10-13)6-3-7-14/h12-13,15H,2-11H2,1H3. The van der Waals surface area contributed by atoms with Crippen molar-refractivity contribution in [3.63, 3.8) is 0 Å². The number of ether oxygens (including phenoxy) is 1. The number of rotatable bonds is 2. The van der Waals surface area contributed by atoms with Crippen molar-refractivity contribution >= 4 is 0 Å². The minimum atomic E-state index is 0.301. The summed E-state index contributed by atoms with van der Waals surface area (Å²) in [5.41, 5.74) is 0.301. The lowest BCUT2D eigenvalue weighted by Gasteiger charge is -2.50. The van der Waals surface area contributed by atoms with Crippen molar-refractivity contribution in [2.24, 2.45) is 0 Å². The van der Waals surface area contributed by atoms with Crippen LogP contribution in [0.25, 0.3) is 0 Å². The molecule has 2 atom stereocenters. The lowest BCUT2D eigenvalue weighted by Crippen LogP contribution is -2.55. The first-order valence-corrected chi connectivity index (χ1v) is 7.37. The van der Waals surface area contributed by atoms with Crippen LogP contribution in [0.4, 0.5) is 0 Å². The average molecular weight is 238 g/mol. The van der Waals surface area contributed by atoms with E-state index in [-0.39, 0.29) is 0 Å². The summed E-state index contributed by atoms with van der Waals surface area (Å²) in [5.74, 6) is 0. The van der Waals surface area contributed by atoms with Gasteiger partial charge in [0.1, 0.15) is 0 Å². The molecule has 2 saturated heterocycles. The molecule has 3 rings (SSSR count). The summed E-state index contributed by atoms with van der Waals surface area (Å²) < 4.78 is 6.03. The molecule has 0 bridgehead atoms. The molecule has 1 spiro atoms. The molecule has 0 amide bonds. The monoisotopic (exact) mass is 238 g/mol. The summed E-state index contributed by atoms with van der Waals surface area (Å²) in [7, 11) is 2.10. The number of nitrogens with one attached hydrogen (secondary N) is 1. The quantitative estimate of drug-likeness (QED) is 0.793. The first-order chi connectivity index (χ1) is 8.31. The van der Waals surface area contributed by atoms with Crippen LogP contribution in [0.5, 0.6) is 0 Å². The van der Waals surface area contributed by atoms with E-state index in [9.17, 15) is 0 Å². The fourth-order valence-corrected chi connectivity index (χ4v) is 3.81. The minimum absolute atomic E-state index is 0.301. The maximum absolute atomic E-state index is 6.03. The largest absolute Gasteiger partial charge is 0.375 e. The molecule has 3 heteroatoms. The molecule has 0 aromatic rings. The molecule has 0 radical (unpaired) electrons. The van der Waals surface area contributed by atoms with Crippen LogP contribution in [0, 0.1) is 0 Å². The van der Waals surface area contributed by atoms with Crippen molar-refractivity contribution in [3.8, 4) is 0 Å². The highest BCUT2D eigenvalue weighted by molar-refractivity contribution is 4.97. The van der Waals surface area contributed by atoms with Gasteiger partial charge in [-0.1, -0.05) is 0 Å². The van der Waals surface area contributed by atoms with Crippen molar-refractivity contribution < 1.29 is 4.74 Å². The second kappa shape index (κ2) is 4.87. The molecule has 3 aliphatic rings. The van der Waals surface area contributed by atoms with Crippen LogP contribution in [0.3, 0.4) is 0 Å². The summed E-state index contributed by atoms with van der Waals surface area (Å²) in [6, 6.07) is 1.50.